The molecule has 0 bridgehead atoms. The molecule has 2 aromatic rings. The normalized spacial score (nSPS) is 10.1. The number of ether oxygens (including phenoxy) is 2. The van der Waals surface area contributed by atoms with Gasteiger partial charge < -0.3 is 20.1 Å². The third-order valence-electron chi connectivity index (χ3n) is 3.46. The molecule has 0 aliphatic carbocycles. The highest BCUT2D eigenvalue weighted by Gasteiger charge is 2.14. The number of thiophene rings is 1. The van der Waals surface area contributed by atoms with Crippen molar-refractivity contribution in [1.82, 2.24) is 10.6 Å². The minimum Gasteiger partial charge on any atom is -0.493 e. The Morgan fingerprint density at radius 2 is 1.89 bits per heavy atom. The number of nitrogens with one attached hydrogen (secondary N) is 2. The molecule has 0 spiro atoms. The average molecular weight is 390 g/mol. The van der Waals surface area contributed by atoms with E-state index in [2.05, 4.69) is 10.6 Å². The van der Waals surface area contributed by atoms with Gasteiger partial charge >= 0.3 is 5.97 Å². The number of para-hydroxylation sites is 1. The van der Waals surface area contributed by atoms with Crippen molar-refractivity contribution in [1.29, 1.82) is 0 Å². The molecular formula is C19H22N2O5S. The van der Waals surface area contributed by atoms with E-state index in [0.29, 0.717) is 24.5 Å². The molecule has 1 aromatic heterocycles. The van der Waals surface area contributed by atoms with Crippen LogP contribution in [0.1, 0.15) is 22.2 Å². The summed E-state index contributed by atoms with van der Waals surface area (Å²) in [5.74, 6) is -1.08. The van der Waals surface area contributed by atoms with Crippen LogP contribution in [0.5, 0.6) is 5.75 Å². The summed E-state index contributed by atoms with van der Waals surface area (Å²) in [4.78, 5) is 36.7. The van der Waals surface area contributed by atoms with E-state index in [1.165, 1.54) is 4.88 Å². The molecule has 0 fully saturated rings. The van der Waals surface area contributed by atoms with Crippen molar-refractivity contribution in [2.24, 2.45) is 0 Å². The van der Waals surface area contributed by atoms with Gasteiger partial charge in [0, 0.05) is 11.4 Å². The Morgan fingerprint density at radius 1 is 1.07 bits per heavy atom. The molecule has 7 nitrogen and oxygen atoms in total. The summed E-state index contributed by atoms with van der Waals surface area (Å²) in [6.07, 6.45) is 0.729. The highest BCUT2D eigenvalue weighted by molar-refractivity contribution is 7.09. The Balaban J connectivity index is 1.66. The summed E-state index contributed by atoms with van der Waals surface area (Å²) in [5.41, 5.74) is 0.332. The molecule has 0 saturated carbocycles. The van der Waals surface area contributed by atoms with Gasteiger partial charge in [-0.05, 0) is 36.9 Å². The fourth-order valence-corrected chi connectivity index (χ4v) is 2.92. The predicted molar refractivity (Wildman–Crippen MR) is 102 cm³/mol. The third kappa shape index (κ3) is 7.10. The monoisotopic (exact) mass is 390 g/mol. The van der Waals surface area contributed by atoms with Crippen LogP contribution in [0.15, 0.2) is 41.8 Å². The molecule has 2 amide bonds. The maximum atomic E-state index is 12.2. The first-order valence-electron chi connectivity index (χ1n) is 8.55. The van der Waals surface area contributed by atoms with Crippen LogP contribution in [0.25, 0.3) is 0 Å². The molecule has 0 atom stereocenters. The first-order valence-corrected chi connectivity index (χ1v) is 9.43. The summed E-state index contributed by atoms with van der Waals surface area (Å²) < 4.78 is 10.2. The van der Waals surface area contributed by atoms with Gasteiger partial charge in [-0.2, -0.15) is 0 Å². The van der Waals surface area contributed by atoms with Crippen LogP contribution < -0.4 is 15.4 Å². The molecule has 1 heterocycles. The zero-order valence-corrected chi connectivity index (χ0v) is 15.8. The van der Waals surface area contributed by atoms with Crippen LogP contribution in [0.3, 0.4) is 0 Å². The standard InChI is InChI=1S/C19H22N2O5S/c1-2-25-16-8-4-3-7-15(16)19(24)21-12-18(23)26-13-17(22)20-10-9-14-6-5-11-27-14/h3-8,11H,2,9-10,12-13H2,1H3,(H,20,22)(H,21,24). The molecule has 2 rings (SSSR count). The number of hydrogen-bond donors (Lipinski definition) is 2. The Kier molecular flexibility index (Phi) is 8.31. The zero-order valence-electron chi connectivity index (χ0n) is 15.0. The predicted octanol–water partition coefficient (Wildman–Crippen LogP) is 1.78. The van der Waals surface area contributed by atoms with Crippen LogP contribution in [0.2, 0.25) is 0 Å². The lowest BCUT2D eigenvalue weighted by atomic mass is 10.2. The largest absolute Gasteiger partial charge is 0.493 e. The van der Waals surface area contributed by atoms with Gasteiger partial charge in [0.05, 0.1) is 12.2 Å². The zero-order chi connectivity index (χ0) is 19.5. The number of esters is 1. The van der Waals surface area contributed by atoms with E-state index < -0.39 is 11.9 Å². The van der Waals surface area contributed by atoms with Crippen molar-refractivity contribution in [2.75, 3.05) is 26.3 Å². The van der Waals surface area contributed by atoms with E-state index in [1.807, 2.05) is 24.4 Å². The van der Waals surface area contributed by atoms with Crippen LogP contribution in [0, 0.1) is 0 Å². The number of amides is 2. The fraction of sp³-hybridized carbons (Fsp3) is 0.316. The van der Waals surface area contributed by atoms with Crippen LogP contribution >= 0.6 is 11.3 Å². The number of benzene rings is 1. The van der Waals surface area contributed by atoms with E-state index in [4.69, 9.17) is 9.47 Å². The summed E-state index contributed by atoms with van der Waals surface area (Å²) in [6, 6.07) is 10.7. The Morgan fingerprint density at radius 3 is 2.63 bits per heavy atom. The minimum absolute atomic E-state index is 0.332. The van der Waals surface area contributed by atoms with Gasteiger partial charge in [-0.15, -0.1) is 11.3 Å². The van der Waals surface area contributed by atoms with E-state index in [1.54, 1.807) is 35.6 Å². The van der Waals surface area contributed by atoms with Crippen molar-refractivity contribution in [3.8, 4) is 5.75 Å². The van der Waals surface area contributed by atoms with Gasteiger partial charge in [-0.1, -0.05) is 18.2 Å². The van der Waals surface area contributed by atoms with E-state index in [-0.39, 0.29) is 19.1 Å². The second kappa shape index (κ2) is 11.0. The van der Waals surface area contributed by atoms with Crippen molar-refractivity contribution >= 4 is 29.1 Å². The van der Waals surface area contributed by atoms with Crippen molar-refractivity contribution in [3.05, 3.63) is 52.2 Å². The van der Waals surface area contributed by atoms with Gasteiger partial charge in [-0.25, -0.2) is 0 Å². The van der Waals surface area contributed by atoms with Gasteiger partial charge in [0.25, 0.3) is 11.8 Å². The van der Waals surface area contributed by atoms with Gasteiger partial charge in [0.1, 0.15) is 12.3 Å². The highest BCUT2D eigenvalue weighted by Crippen LogP contribution is 2.17. The van der Waals surface area contributed by atoms with Crippen molar-refractivity contribution < 1.29 is 23.9 Å². The van der Waals surface area contributed by atoms with Gasteiger partial charge in [0.2, 0.25) is 0 Å². The number of hydrogen-bond acceptors (Lipinski definition) is 6. The smallest absolute Gasteiger partial charge is 0.325 e. The van der Waals surface area contributed by atoms with E-state index in [9.17, 15) is 14.4 Å². The van der Waals surface area contributed by atoms with Gasteiger partial charge in [-0.3, -0.25) is 14.4 Å². The second-order valence-electron chi connectivity index (χ2n) is 5.45. The molecule has 1 aromatic carbocycles. The molecule has 144 valence electrons. The topological polar surface area (TPSA) is 93.7 Å². The first-order chi connectivity index (χ1) is 13.1. The molecule has 27 heavy (non-hydrogen) atoms. The third-order valence-corrected chi connectivity index (χ3v) is 4.40. The van der Waals surface area contributed by atoms with Crippen LogP contribution in [-0.2, 0) is 20.7 Å². The molecule has 2 N–H and O–H groups in total. The van der Waals surface area contributed by atoms with Crippen LogP contribution in [-0.4, -0.2) is 44.1 Å². The SMILES string of the molecule is CCOc1ccccc1C(=O)NCC(=O)OCC(=O)NCCc1cccs1. The number of carbonyl (C=O) groups excluding carboxylic acids is 3. The molecule has 0 unspecified atom stereocenters. The van der Waals surface area contributed by atoms with Crippen LogP contribution in [0.4, 0.5) is 0 Å². The van der Waals surface area contributed by atoms with Gasteiger partial charge in [0.15, 0.2) is 6.61 Å². The quantitative estimate of drug-likeness (QED) is 0.603. The fourth-order valence-electron chi connectivity index (χ4n) is 2.21. The maximum Gasteiger partial charge on any atom is 0.325 e. The molecule has 0 aliphatic rings. The average Bonchev–Trinajstić information content (AvgIpc) is 3.18. The Bertz CT molecular complexity index is 761. The number of carbonyl (C=O) groups is 3. The molecule has 0 radical (unpaired) electrons. The second-order valence-corrected chi connectivity index (χ2v) is 6.48. The summed E-state index contributed by atoms with van der Waals surface area (Å²) in [5, 5.41) is 7.11. The molecule has 8 heteroatoms. The highest BCUT2D eigenvalue weighted by atomic mass is 32.1. The van der Waals surface area contributed by atoms with Crippen molar-refractivity contribution in [3.63, 3.8) is 0 Å². The maximum absolute atomic E-state index is 12.2. The first kappa shape index (κ1) is 20.4. The Labute approximate surface area is 161 Å². The number of rotatable bonds is 10. The summed E-state index contributed by atoms with van der Waals surface area (Å²) >= 11 is 1.62. The molecular weight excluding hydrogens is 368 g/mol. The lowest BCUT2D eigenvalue weighted by molar-refractivity contribution is -0.147. The molecule has 0 saturated heterocycles. The van der Waals surface area contributed by atoms with E-state index >= 15 is 0 Å². The van der Waals surface area contributed by atoms with E-state index in [0.717, 1.165) is 6.42 Å². The lowest BCUT2D eigenvalue weighted by Gasteiger charge is -2.10. The van der Waals surface area contributed by atoms with Crippen molar-refractivity contribution in [2.45, 2.75) is 13.3 Å². The summed E-state index contributed by atoms with van der Waals surface area (Å²) in [6.45, 7) is 2.00. The Hall–Kier alpha value is -2.87. The molecule has 0 aliphatic heterocycles. The summed E-state index contributed by atoms with van der Waals surface area (Å²) in [7, 11) is 0. The minimum atomic E-state index is -0.689. The lowest BCUT2D eigenvalue weighted by Crippen LogP contribution is -2.34.